The van der Waals surface area contributed by atoms with Gasteiger partial charge in [-0.05, 0) is 50.0 Å². The minimum Gasteiger partial charge on any atom is -0.478 e. The van der Waals surface area contributed by atoms with Crippen molar-refractivity contribution in [3.05, 3.63) is 41.1 Å². The van der Waals surface area contributed by atoms with E-state index in [0.29, 0.717) is 23.2 Å². The van der Waals surface area contributed by atoms with Crippen molar-refractivity contribution in [2.45, 2.75) is 70.8 Å². The van der Waals surface area contributed by atoms with Gasteiger partial charge in [0, 0.05) is 17.0 Å². The molecule has 2 aliphatic carbocycles. The van der Waals surface area contributed by atoms with Crippen LogP contribution in [0.2, 0.25) is 0 Å². The lowest BCUT2D eigenvalue weighted by Gasteiger charge is -2.39. The maximum absolute atomic E-state index is 11.8. The first-order valence-corrected chi connectivity index (χ1v) is 11.4. The molecule has 1 spiro atoms. The molecule has 1 N–H and O–H groups in total. The number of hydrogen-bond donors (Lipinski definition) is 1. The predicted octanol–water partition coefficient (Wildman–Crippen LogP) is 5.46. The van der Waals surface area contributed by atoms with Crippen molar-refractivity contribution in [2.75, 3.05) is 0 Å². The van der Waals surface area contributed by atoms with Crippen LogP contribution >= 0.6 is 0 Å². The molecule has 2 aromatic rings. The van der Waals surface area contributed by atoms with Gasteiger partial charge in [-0.15, -0.1) is 0 Å². The fourth-order valence-corrected chi connectivity index (χ4v) is 6.63. The number of hydrogen-bond acceptors (Lipinski definition) is 5. The summed E-state index contributed by atoms with van der Waals surface area (Å²) in [6.07, 6.45) is 4.83. The van der Waals surface area contributed by atoms with Crippen LogP contribution < -0.4 is 0 Å². The van der Waals surface area contributed by atoms with Crippen molar-refractivity contribution < 1.29 is 19.3 Å². The summed E-state index contributed by atoms with van der Waals surface area (Å²) in [5.74, 6) is 0.623. The first kappa shape index (κ1) is 20.3. The molecule has 2 heterocycles. The van der Waals surface area contributed by atoms with E-state index in [1.807, 2.05) is 12.1 Å². The number of carbonyl (C=O) groups is 1. The van der Waals surface area contributed by atoms with Crippen LogP contribution in [-0.2, 0) is 16.7 Å². The number of aromatic carboxylic acids is 1. The van der Waals surface area contributed by atoms with Crippen LogP contribution in [0.3, 0.4) is 0 Å². The van der Waals surface area contributed by atoms with Gasteiger partial charge in [0.1, 0.15) is 5.60 Å². The molecule has 0 unspecified atom stereocenters. The van der Waals surface area contributed by atoms with Gasteiger partial charge in [-0.25, -0.2) is 4.79 Å². The molecule has 1 saturated carbocycles. The average molecular weight is 423 g/mol. The van der Waals surface area contributed by atoms with Crippen molar-refractivity contribution >= 4 is 11.7 Å². The molecule has 5 rings (SSSR count). The summed E-state index contributed by atoms with van der Waals surface area (Å²) < 4.78 is 5.87. The first-order valence-electron chi connectivity index (χ1n) is 11.4. The van der Waals surface area contributed by atoms with Crippen molar-refractivity contribution in [3.8, 4) is 11.3 Å². The quantitative estimate of drug-likeness (QED) is 0.707. The van der Waals surface area contributed by atoms with Crippen molar-refractivity contribution in [1.82, 2.24) is 5.16 Å². The number of carboxylic acid groups (broad SMARTS) is 1. The molecule has 0 amide bonds. The Morgan fingerprint density at radius 3 is 2.61 bits per heavy atom. The molecular weight excluding hydrogens is 392 g/mol. The van der Waals surface area contributed by atoms with Crippen molar-refractivity contribution in [1.29, 1.82) is 0 Å². The Kier molecular flexibility index (Phi) is 4.54. The van der Waals surface area contributed by atoms with E-state index < -0.39 is 5.97 Å². The van der Waals surface area contributed by atoms with Crippen LogP contribution in [0, 0.1) is 17.8 Å². The zero-order chi connectivity index (χ0) is 22.0. The third kappa shape index (κ3) is 2.60. The van der Waals surface area contributed by atoms with Gasteiger partial charge in [-0.1, -0.05) is 56.2 Å². The molecule has 0 radical (unpaired) electrons. The van der Waals surface area contributed by atoms with Gasteiger partial charge in [0.15, 0.2) is 5.76 Å². The minimum atomic E-state index is -0.959. The highest BCUT2D eigenvalue weighted by atomic mass is 16.7. The predicted molar refractivity (Wildman–Crippen MR) is 117 cm³/mol. The maximum Gasteiger partial charge on any atom is 0.336 e. The molecule has 2 atom stereocenters. The summed E-state index contributed by atoms with van der Waals surface area (Å²) in [5, 5.41) is 19.0. The lowest BCUT2D eigenvalue weighted by molar-refractivity contribution is -0.113. The second kappa shape index (κ2) is 6.94. The summed E-state index contributed by atoms with van der Waals surface area (Å²) in [6.45, 7) is 8.92. The van der Waals surface area contributed by atoms with Crippen LogP contribution in [0.5, 0.6) is 0 Å². The van der Waals surface area contributed by atoms with E-state index in [2.05, 4.69) is 32.9 Å². The molecule has 164 valence electrons. The molecule has 6 heteroatoms. The summed E-state index contributed by atoms with van der Waals surface area (Å²) in [5.41, 5.74) is 3.41. The SMILES string of the molecule is CC(C)C1(C(C)C)ON=C2[C@H]1CC[C@]21CCCc2c1noc2-c1ccccc1C(=O)O. The first-order chi connectivity index (χ1) is 14.8. The van der Waals surface area contributed by atoms with Gasteiger partial charge >= 0.3 is 5.97 Å². The van der Waals surface area contributed by atoms with E-state index in [1.54, 1.807) is 12.1 Å². The van der Waals surface area contributed by atoms with Crippen LogP contribution in [0.15, 0.2) is 33.9 Å². The fourth-order valence-electron chi connectivity index (χ4n) is 6.63. The van der Waals surface area contributed by atoms with Gasteiger partial charge in [-0.2, -0.15) is 0 Å². The standard InChI is InChI=1S/C25H30N2O4/c1-14(2)25(15(3)4)19-11-13-24(22(19)27-31-25)12-7-10-18-20(30-26-21(18)24)16-8-5-6-9-17(16)23(28)29/h5-6,8-9,14-15,19H,7,10-13H2,1-4H3,(H,28,29)/t19-,24+/m1/s1. The number of carboxylic acids is 1. The molecule has 3 aliphatic rings. The average Bonchev–Trinajstić information content (AvgIpc) is 3.43. The molecule has 1 aromatic carbocycles. The topological polar surface area (TPSA) is 84.9 Å². The van der Waals surface area contributed by atoms with Gasteiger partial charge in [0.05, 0.1) is 22.4 Å². The molecule has 1 fully saturated rings. The van der Waals surface area contributed by atoms with Gasteiger partial charge in [0.25, 0.3) is 0 Å². The molecular formula is C25H30N2O4. The van der Waals surface area contributed by atoms with E-state index in [1.165, 1.54) is 0 Å². The Bertz CT molecular complexity index is 1060. The van der Waals surface area contributed by atoms with Crippen LogP contribution in [0.25, 0.3) is 11.3 Å². The van der Waals surface area contributed by atoms with Crippen LogP contribution in [0.4, 0.5) is 0 Å². The molecule has 0 saturated heterocycles. The number of benzene rings is 1. The summed E-state index contributed by atoms with van der Waals surface area (Å²) in [6, 6.07) is 7.00. The molecule has 1 aromatic heterocycles. The zero-order valence-corrected chi connectivity index (χ0v) is 18.6. The third-order valence-corrected chi connectivity index (χ3v) is 8.01. The number of aromatic nitrogens is 1. The molecule has 1 aliphatic heterocycles. The largest absolute Gasteiger partial charge is 0.478 e. The monoisotopic (exact) mass is 422 g/mol. The smallest absolute Gasteiger partial charge is 0.336 e. The van der Waals surface area contributed by atoms with Gasteiger partial charge in [-0.3, -0.25) is 0 Å². The summed E-state index contributed by atoms with van der Waals surface area (Å²) in [4.78, 5) is 18.1. The van der Waals surface area contributed by atoms with E-state index in [4.69, 9.17) is 14.5 Å². The second-order valence-corrected chi connectivity index (χ2v) is 9.95. The highest BCUT2D eigenvalue weighted by Crippen LogP contribution is 2.58. The van der Waals surface area contributed by atoms with E-state index >= 15 is 0 Å². The molecule has 0 bridgehead atoms. The fraction of sp³-hybridized carbons (Fsp3) is 0.560. The van der Waals surface area contributed by atoms with Crippen LogP contribution in [0.1, 0.15) is 75.0 Å². The van der Waals surface area contributed by atoms with E-state index in [0.717, 1.165) is 49.1 Å². The number of nitrogens with zero attached hydrogens (tertiary/aromatic N) is 2. The van der Waals surface area contributed by atoms with E-state index in [9.17, 15) is 9.90 Å². The van der Waals surface area contributed by atoms with E-state index in [-0.39, 0.29) is 22.5 Å². The molecule has 6 nitrogen and oxygen atoms in total. The lowest BCUT2D eigenvalue weighted by atomic mass is 9.66. The summed E-state index contributed by atoms with van der Waals surface area (Å²) in [7, 11) is 0. The molecule has 31 heavy (non-hydrogen) atoms. The Balaban J connectivity index is 1.61. The van der Waals surface area contributed by atoms with Crippen molar-refractivity contribution in [3.63, 3.8) is 0 Å². The summed E-state index contributed by atoms with van der Waals surface area (Å²) >= 11 is 0. The highest BCUT2D eigenvalue weighted by molar-refractivity contribution is 6.01. The number of oxime groups is 1. The second-order valence-electron chi connectivity index (χ2n) is 9.95. The zero-order valence-electron chi connectivity index (χ0n) is 18.6. The Hall–Kier alpha value is -2.63. The van der Waals surface area contributed by atoms with Gasteiger partial charge < -0.3 is 14.5 Å². The number of rotatable bonds is 4. The Morgan fingerprint density at radius 1 is 1.16 bits per heavy atom. The van der Waals surface area contributed by atoms with Crippen LogP contribution in [-0.4, -0.2) is 27.5 Å². The Morgan fingerprint density at radius 2 is 1.90 bits per heavy atom. The van der Waals surface area contributed by atoms with Gasteiger partial charge in [0.2, 0.25) is 0 Å². The third-order valence-electron chi connectivity index (χ3n) is 8.01. The lowest BCUT2D eigenvalue weighted by Crippen LogP contribution is -2.48. The highest BCUT2D eigenvalue weighted by Gasteiger charge is 2.63. The minimum absolute atomic E-state index is 0.241. The van der Waals surface area contributed by atoms with Crippen molar-refractivity contribution in [2.24, 2.45) is 22.9 Å². The normalized spacial score (nSPS) is 26.1. The Labute approximate surface area is 182 Å². The number of fused-ring (bicyclic) bond motifs is 4. The maximum atomic E-state index is 11.8.